The second-order valence-electron chi connectivity index (χ2n) is 5.20. The van der Waals surface area contributed by atoms with E-state index in [1.807, 2.05) is 49.1 Å². The topological polar surface area (TPSA) is 58.9 Å². The highest BCUT2D eigenvalue weighted by atomic mass is 15.3. The minimum atomic E-state index is 0.289. The van der Waals surface area contributed by atoms with E-state index >= 15 is 0 Å². The predicted molar refractivity (Wildman–Crippen MR) is 81.0 cm³/mol. The molecule has 6 heteroatoms. The molecule has 0 aliphatic carbocycles. The van der Waals surface area contributed by atoms with Gasteiger partial charge in [0.2, 0.25) is 5.95 Å². The normalized spacial score (nSPS) is 12.2. The average Bonchev–Trinajstić information content (AvgIpc) is 2.91. The van der Waals surface area contributed by atoms with Gasteiger partial charge in [0, 0.05) is 50.8 Å². The van der Waals surface area contributed by atoms with E-state index in [9.17, 15) is 0 Å². The lowest BCUT2D eigenvalue weighted by atomic mass is 10.2. The second kappa shape index (κ2) is 6.36. The van der Waals surface area contributed by atoms with Crippen molar-refractivity contribution in [3.63, 3.8) is 0 Å². The van der Waals surface area contributed by atoms with Crippen molar-refractivity contribution in [2.24, 2.45) is 0 Å². The Balaban J connectivity index is 1.93. The van der Waals surface area contributed by atoms with Crippen molar-refractivity contribution in [2.45, 2.75) is 32.9 Å². The van der Waals surface area contributed by atoms with Gasteiger partial charge in [-0.05, 0) is 26.3 Å². The van der Waals surface area contributed by atoms with Crippen LogP contribution in [0.5, 0.6) is 0 Å². The maximum absolute atomic E-state index is 4.54. The molecule has 0 radical (unpaired) electrons. The summed E-state index contributed by atoms with van der Waals surface area (Å²) >= 11 is 0. The van der Waals surface area contributed by atoms with E-state index in [-0.39, 0.29) is 6.04 Å². The third-order valence-corrected chi connectivity index (χ3v) is 3.09. The summed E-state index contributed by atoms with van der Waals surface area (Å²) in [5.74, 6) is 1.62. The van der Waals surface area contributed by atoms with E-state index in [1.54, 1.807) is 6.20 Å². The molecule has 0 fully saturated rings. The molecule has 0 spiro atoms. The number of hydrogen-bond acceptors (Lipinski definition) is 5. The van der Waals surface area contributed by atoms with E-state index in [2.05, 4.69) is 27.3 Å². The Morgan fingerprint density at radius 3 is 2.85 bits per heavy atom. The molecule has 0 unspecified atom stereocenters. The number of anilines is 2. The molecular formula is C14H22N6. The van der Waals surface area contributed by atoms with Crippen LogP contribution in [0.15, 0.2) is 24.7 Å². The first kappa shape index (κ1) is 14.3. The molecule has 2 aromatic heterocycles. The zero-order valence-electron chi connectivity index (χ0n) is 12.5. The van der Waals surface area contributed by atoms with Crippen LogP contribution in [0, 0.1) is 6.92 Å². The van der Waals surface area contributed by atoms with Crippen LogP contribution in [0.25, 0.3) is 0 Å². The summed E-state index contributed by atoms with van der Waals surface area (Å²) in [5.41, 5.74) is 1.07. The lowest BCUT2D eigenvalue weighted by Crippen LogP contribution is -2.21. The van der Waals surface area contributed by atoms with E-state index in [0.717, 1.165) is 24.3 Å². The van der Waals surface area contributed by atoms with Crippen LogP contribution in [0.4, 0.5) is 11.8 Å². The Bertz CT molecular complexity index is 535. The van der Waals surface area contributed by atoms with Crippen LogP contribution in [-0.4, -0.2) is 39.9 Å². The van der Waals surface area contributed by atoms with Gasteiger partial charge in [0.15, 0.2) is 0 Å². The lowest BCUT2D eigenvalue weighted by molar-refractivity contribution is 0.544. The number of nitrogens with zero attached hydrogens (tertiary/aromatic N) is 5. The van der Waals surface area contributed by atoms with Crippen molar-refractivity contribution in [1.82, 2.24) is 19.7 Å². The van der Waals surface area contributed by atoms with Gasteiger partial charge in [-0.3, -0.25) is 4.68 Å². The van der Waals surface area contributed by atoms with Crippen molar-refractivity contribution >= 4 is 11.8 Å². The van der Waals surface area contributed by atoms with Crippen LogP contribution >= 0.6 is 0 Å². The fourth-order valence-electron chi connectivity index (χ4n) is 2.01. The van der Waals surface area contributed by atoms with Crippen LogP contribution in [0.3, 0.4) is 0 Å². The standard InChI is InChI=1S/C14H22N6/c1-11-10-15-14(18-13(11)19(3)4)17-12(2)6-9-20-8-5-7-16-20/h5,7-8,10,12H,6,9H2,1-4H3,(H,15,17,18)/t12-/m1/s1. The largest absolute Gasteiger partial charge is 0.362 e. The number of hydrogen-bond donors (Lipinski definition) is 1. The number of aromatic nitrogens is 4. The summed E-state index contributed by atoms with van der Waals surface area (Å²) in [6, 6.07) is 2.22. The highest BCUT2D eigenvalue weighted by Crippen LogP contribution is 2.15. The Morgan fingerprint density at radius 1 is 1.40 bits per heavy atom. The zero-order valence-corrected chi connectivity index (χ0v) is 12.5. The summed E-state index contributed by atoms with van der Waals surface area (Å²) < 4.78 is 1.93. The van der Waals surface area contributed by atoms with Crippen molar-refractivity contribution in [3.05, 3.63) is 30.2 Å². The van der Waals surface area contributed by atoms with Crippen LogP contribution in [0.1, 0.15) is 18.9 Å². The van der Waals surface area contributed by atoms with E-state index in [4.69, 9.17) is 0 Å². The highest BCUT2D eigenvalue weighted by Gasteiger charge is 2.08. The molecule has 1 N–H and O–H groups in total. The van der Waals surface area contributed by atoms with Gasteiger partial charge in [-0.2, -0.15) is 10.1 Å². The maximum atomic E-state index is 4.54. The SMILES string of the molecule is Cc1cnc(N[C@H](C)CCn2cccn2)nc1N(C)C. The number of nitrogens with one attached hydrogen (secondary N) is 1. The summed E-state index contributed by atoms with van der Waals surface area (Å²) in [6.07, 6.45) is 6.59. The molecule has 0 aromatic carbocycles. The van der Waals surface area contributed by atoms with E-state index in [0.29, 0.717) is 5.95 Å². The van der Waals surface area contributed by atoms with Gasteiger partial charge in [0.05, 0.1) is 0 Å². The Hall–Kier alpha value is -2.11. The van der Waals surface area contributed by atoms with Gasteiger partial charge in [0.25, 0.3) is 0 Å². The van der Waals surface area contributed by atoms with Gasteiger partial charge in [-0.15, -0.1) is 0 Å². The first-order valence-electron chi connectivity index (χ1n) is 6.81. The van der Waals surface area contributed by atoms with Crippen LogP contribution < -0.4 is 10.2 Å². The zero-order chi connectivity index (χ0) is 14.5. The summed E-state index contributed by atoms with van der Waals surface area (Å²) in [6.45, 7) is 5.02. The minimum absolute atomic E-state index is 0.289. The Kier molecular flexibility index (Phi) is 4.55. The molecule has 6 nitrogen and oxygen atoms in total. The molecule has 2 aromatic rings. The van der Waals surface area contributed by atoms with Crippen LogP contribution in [-0.2, 0) is 6.54 Å². The van der Waals surface area contributed by atoms with Gasteiger partial charge in [0.1, 0.15) is 5.82 Å². The minimum Gasteiger partial charge on any atom is -0.362 e. The molecule has 0 bridgehead atoms. The molecule has 108 valence electrons. The first-order valence-corrected chi connectivity index (χ1v) is 6.81. The van der Waals surface area contributed by atoms with E-state index < -0.39 is 0 Å². The summed E-state index contributed by atoms with van der Waals surface area (Å²) in [7, 11) is 3.97. The monoisotopic (exact) mass is 274 g/mol. The molecule has 2 rings (SSSR count). The molecule has 0 saturated heterocycles. The Labute approximate surface area is 119 Å². The van der Waals surface area contributed by atoms with Gasteiger partial charge in [-0.25, -0.2) is 4.98 Å². The number of aryl methyl sites for hydroxylation is 2. The number of rotatable bonds is 6. The lowest BCUT2D eigenvalue weighted by Gasteiger charge is -2.17. The van der Waals surface area contributed by atoms with Crippen molar-refractivity contribution in [2.75, 3.05) is 24.3 Å². The molecule has 0 saturated carbocycles. The van der Waals surface area contributed by atoms with Crippen molar-refractivity contribution in [3.8, 4) is 0 Å². The van der Waals surface area contributed by atoms with Gasteiger partial charge < -0.3 is 10.2 Å². The quantitative estimate of drug-likeness (QED) is 0.872. The van der Waals surface area contributed by atoms with Gasteiger partial charge in [-0.1, -0.05) is 0 Å². The molecule has 20 heavy (non-hydrogen) atoms. The predicted octanol–water partition coefficient (Wildman–Crippen LogP) is 1.94. The first-order chi connectivity index (χ1) is 9.56. The smallest absolute Gasteiger partial charge is 0.224 e. The molecule has 0 amide bonds. The maximum Gasteiger partial charge on any atom is 0.224 e. The molecular weight excluding hydrogens is 252 g/mol. The third-order valence-electron chi connectivity index (χ3n) is 3.09. The molecule has 2 heterocycles. The van der Waals surface area contributed by atoms with Gasteiger partial charge >= 0.3 is 0 Å². The van der Waals surface area contributed by atoms with Crippen molar-refractivity contribution in [1.29, 1.82) is 0 Å². The highest BCUT2D eigenvalue weighted by molar-refractivity contribution is 5.47. The molecule has 0 aliphatic heterocycles. The Morgan fingerprint density at radius 2 is 2.20 bits per heavy atom. The third kappa shape index (κ3) is 3.69. The molecule has 1 atom stereocenters. The van der Waals surface area contributed by atoms with Crippen molar-refractivity contribution < 1.29 is 0 Å². The fraction of sp³-hybridized carbons (Fsp3) is 0.500. The summed E-state index contributed by atoms with van der Waals surface area (Å²) in [5, 5.41) is 7.53. The second-order valence-corrected chi connectivity index (χ2v) is 5.20. The average molecular weight is 274 g/mol. The summed E-state index contributed by atoms with van der Waals surface area (Å²) in [4.78, 5) is 10.9. The van der Waals surface area contributed by atoms with Crippen LogP contribution in [0.2, 0.25) is 0 Å². The van der Waals surface area contributed by atoms with E-state index in [1.165, 1.54) is 0 Å². The molecule has 0 aliphatic rings. The fourth-order valence-corrected chi connectivity index (χ4v) is 2.01.